The van der Waals surface area contributed by atoms with E-state index >= 15 is 0 Å². The number of carbonyl (C=O) groups is 2. The zero-order valence-electron chi connectivity index (χ0n) is 19.6. The molecule has 1 spiro atoms. The molecule has 2 aromatic rings. The molecule has 1 aromatic carbocycles. The van der Waals surface area contributed by atoms with Crippen LogP contribution in [-0.4, -0.2) is 72.0 Å². The highest BCUT2D eigenvalue weighted by molar-refractivity contribution is 6.01. The smallest absolute Gasteiger partial charge is 0.254 e. The van der Waals surface area contributed by atoms with Crippen LogP contribution in [0.4, 0.5) is 0 Å². The summed E-state index contributed by atoms with van der Waals surface area (Å²) in [7, 11) is 1.77. The first kappa shape index (κ1) is 22.6. The molecule has 34 heavy (non-hydrogen) atoms. The zero-order valence-corrected chi connectivity index (χ0v) is 19.6. The topological polar surface area (TPSA) is 87.2 Å². The first-order valence-electron chi connectivity index (χ1n) is 11.7. The van der Waals surface area contributed by atoms with Gasteiger partial charge in [-0.3, -0.25) is 14.6 Å². The largest absolute Gasteiger partial charge is 0.364 e. The first-order chi connectivity index (χ1) is 16.5. The van der Waals surface area contributed by atoms with Crippen LogP contribution in [0.5, 0.6) is 0 Å². The van der Waals surface area contributed by atoms with Gasteiger partial charge in [0.1, 0.15) is 0 Å². The van der Waals surface area contributed by atoms with E-state index in [4.69, 9.17) is 9.47 Å². The summed E-state index contributed by atoms with van der Waals surface area (Å²) in [5.74, 6) is -1.18. The van der Waals surface area contributed by atoms with Crippen LogP contribution >= 0.6 is 0 Å². The summed E-state index contributed by atoms with van der Waals surface area (Å²) in [4.78, 5) is 38.5. The van der Waals surface area contributed by atoms with E-state index in [0.717, 1.165) is 22.4 Å². The van der Waals surface area contributed by atoms with E-state index in [0.29, 0.717) is 44.7 Å². The molecule has 4 heterocycles. The van der Waals surface area contributed by atoms with Gasteiger partial charge in [-0.25, -0.2) is 0 Å². The van der Waals surface area contributed by atoms with Crippen LogP contribution in [0.3, 0.4) is 0 Å². The van der Waals surface area contributed by atoms with Crippen molar-refractivity contribution >= 4 is 18.0 Å². The van der Waals surface area contributed by atoms with Gasteiger partial charge in [-0.05, 0) is 18.6 Å². The number of ether oxygens (including phenoxy) is 2. The number of fused-ring (bicyclic) bond motifs is 1. The van der Waals surface area contributed by atoms with Gasteiger partial charge >= 0.3 is 0 Å². The average molecular weight is 463 g/mol. The maximum absolute atomic E-state index is 14.1. The number of aliphatic imine (C=N–C) groups is 1. The molecule has 2 amide bonds. The molecule has 2 unspecified atom stereocenters. The third-order valence-corrected chi connectivity index (χ3v) is 7.28. The number of aryl methyl sites for hydroxylation is 1. The van der Waals surface area contributed by atoms with E-state index < -0.39 is 17.7 Å². The minimum Gasteiger partial charge on any atom is -0.364 e. The first-order valence-corrected chi connectivity index (χ1v) is 11.7. The lowest BCUT2D eigenvalue weighted by atomic mass is 9.78. The fourth-order valence-electron chi connectivity index (χ4n) is 5.48. The van der Waals surface area contributed by atoms with E-state index in [-0.39, 0.29) is 11.8 Å². The van der Waals surface area contributed by atoms with Crippen molar-refractivity contribution in [1.29, 1.82) is 0 Å². The van der Waals surface area contributed by atoms with Crippen LogP contribution in [0, 0.1) is 6.92 Å². The quantitative estimate of drug-likeness (QED) is 0.707. The van der Waals surface area contributed by atoms with Crippen molar-refractivity contribution in [3.8, 4) is 0 Å². The highest BCUT2D eigenvalue weighted by Crippen LogP contribution is 2.45. The predicted octanol–water partition coefficient (Wildman–Crippen LogP) is 3.16. The Bertz CT molecular complexity index is 1140. The molecular weight excluding hydrogens is 432 g/mol. The molecule has 8 heteroatoms. The highest BCUT2D eigenvalue weighted by Gasteiger charge is 2.47. The molecule has 1 aromatic heterocycles. The molecule has 8 nitrogen and oxygen atoms in total. The third-order valence-electron chi connectivity index (χ3n) is 7.28. The Morgan fingerprint density at radius 2 is 1.91 bits per heavy atom. The Kier molecular flexibility index (Phi) is 5.87. The van der Waals surface area contributed by atoms with E-state index in [1.165, 1.54) is 6.20 Å². The molecule has 2 saturated heterocycles. The van der Waals surface area contributed by atoms with Gasteiger partial charge in [-0.15, -0.1) is 0 Å². The van der Waals surface area contributed by atoms with Crippen LogP contribution in [0.2, 0.25) is 0 Å². The number of rotatable bonds is 4. The molecular formula is C26H30N4O4. The molecule has 2 atom stereocenters. The van der Waals surface area contributed by atoms with Gasteiger partial charge in [-0.2, -0.15) is 0 Å². The molecule has 3 aliphatic heterocycles. The van der Waals surface area contributed by atoms with Crippen LogP contribution in [0.15, 0.2) is 48.2 Å². The second-order valence-electron chi connectivity index (χ2n) is 9.10. The van der Waals surface area contributed by atoms with E-state index in [1.54, 1.807) is 24.2 Å². The monoisotopic (exact) mass is 462 g/mol. The number of benzene rings is 1. The van der Waals surface area contributed by atoms with E-state index in [9.17, 15) is 9.59 Å². The SMILES string of the molecule is C=CN=Cc1c(C2C(C(=O)N3CCC4(CC3)OCCO4)c3ccccc3C(=O)N2C)c[nH]c1C. The summed E-state index contributed by atoms with van der Waals surface area (Å²) in [6, 6.07) is 6.97. The van der Waals surface area contributed by atoms with Crippen LogP contribution in [-0.2, 0) is 14.3 Å². The number of hydrogen-bond donors (Lipinski definition) is 1. The molecule has 1 N–H and O–H groups in total. The predicted molar refractivity (Wildman–Crippen MR) is 128 cm³/mol. The summed E-state index contributed by atoms with van der Waals surface area (Å²) in [5.41, 5.74) is 3.99. The van der Waals surface area contributed by atoms with Gasteiger partial charge in [0.15, 0.2) is 5.79 Å². The molecule has 0 saturated carbocycles. The zero-order chi connectivity index (χ0) is 23.9. The lowest BCUT2D eigenvalue weighted by Crippen LogP contribution is -2.51. The standard InChI is InChI=1S/C26H30N4O4/c1-4-27-15-20-17(2)28-16-21(20)23-22(18-7-5-6-8-19(18)24(31)29(23)3)25(32)30-11-9-26(10-12-30)33-13-14-34-26/h4-8,15-16,22-23,28H,1,9-14H2,2-3H3. The maximum Gasteiger partial charge on any atom is 0.254 e. The van der Waals surface area contributed by atoms with Crippen LogP contribution in [0.1, 0.15) is 57.5 Å². The Balaban J connectivity index is 1.55. The number of aromatic nitrogens is 1. The summed E-state index contributed by atoms with van der Waals surface area (Å²) >= 11 is 0. The van der Waals surface area contributed by atoms with E-state index in [1.807, 2.05) is 36.2 Å². The molecule has 0 aliphatic carbocycles. The molecule has 3 aliphatic rings. The number of H-pyrrole nitrogens is 1. The fourth-order valence-corrected chi connectivity index (χ4v) is 5.48. The van der Waals surface area contributed by atoms with Crippen molar-refractivity contribution < 1.29 is 19.1 Å². The Morgan fingerprint density at radius 1 is 1.21 bits per heavy atom. The summed E-state index contributed by atoms with van der Waals surface area (Å²) in [5, 5.41) is 0. The van der Waals surface area contributed by atoms with Gasteiger partial charge in [0, 0.05) is 74.0 Å². The number of likely N-dealkylation sites (tertiary alicyclic amines) is 1. The Labute approximate surface area is 199 Å². The normalized spacial score (nSPS) is 24.1. The number of hydrogen-bond acceptors (Lipinski definition) is 5. The van der Waals surface area contributed by atoms with Crippen LogP contribution < -0.4 is 0 Å². The Morgan fingerprint density at radius 3 is 2.62 bits per heavy atom. The fraction of sp³-hybridized carbons (Fsp3) is 0.423. The van der Waals surface area contributed by atoms with Crippen molar-refractivity contribution in [2.75, 3.05) is 33.4 Å². The van der Waals surface area contributed by atoms with Gasteiger partial charge in [-0.1, -0.05) is 24.8 Å². The molecule has 0 bridgehead atoms. The van der Waals surface area contributed by atoms with E-state index in [2.05, 4.69) is 16.6 Å². The second-order valence-corrected chi connectivity index (χ2v) is 9.10. The lowest BCUT2D eigenvalue weighted by molar-refractivity contribution is -0.188. The number of piperidine rings is 1. The number of aromatic amines is 1. The van der Waals surface area contributed by atoms with Crippen molar-refractivity contribution in [3.05, 3.63) is 71.2 Å². The summed E-state index contributed by atoms with van der Waals surface area (Å²) in [6.45, 7) is 7.93. The number of nitrogens with one attached hydrogen (secondary N) is 1. The average Bonchev–Trinajstić information content (AvgIpc) is 3.46. The minimum atomic E-state index is -0.556. The van der Waals surface area contributed by atoms with Crippen molar-refractivity contribution in [2.24, 2.45) is 4.99 Å². The van der Waals surface area contributed by atoms with Gasteiger partial charge in [0.2, 0.25) is 5.91 Å². The lowest BCUT2D eigenvalue weighted by Gasteiger charge is -2.44. The number of likely N-dealkylation sites (N-methyl/N-ethyl adjacent to an activating group) is 1. The Hall–Kier alpha value is -3.23. The van der Waals surface area contributed by atoms with Gasteiger partial charge in [0.25, 0.3) is 5.91 Å². The van der Waals surface area contributed by atoms with Gasteiger partial charge in [0.05, 0.1) is 25.2 Å². The third kappa shape index (κ3) is 3.67. The number of nitrogens with zero attached hydrogens (tertiary/aromatic N) is 3. The summed E-state index contributed by atoms with van der Waals surface area (Å²) < 4.78 is 11.7. The van der Waals surface area contributed by atoms with Crippen molar-refractivity contribution in [3.63, 3.8) is 0 Å². The highest BCUT2D eigenvalue weighted by atomic mass is 16.7. The second kappa shape index (κ2) is 8.85. The van der Waals surface area contributed by atoms with Gasteiger partial charge < -0.3 is 24.3 Å². The number of amides is 2. The van der Waals surface area contributed by atoms with Crippen LogP contribution in [0.25, 0.3) is 0 Å². The van der Waals surface area contributed by atoms with Crippen molar-refractivity contribution in [1.82, 2.24) is 14.8 Å². The molecule has 0 radical (unpaired) electrons. The maximum atomic E-state index is 14.1. The minimum absolute atomic E-state index is 0.00936. The molecule has 5 rings (SSSR count). The number of carbonyl (C=O) groups excluding carboxylic acids is 2. The molecule has 2 fully saturated rings. The van der Waals surface area contributed by atoms with Crippen molar-refractivity contribution in [2.45, 2.75) is 37.5 Å². The summed E-state index contributed by atoms with van der Waals surface area (Å²) in [6.07, 6.45) is 6.38. The molecule has 178 valence electrons.